The summed E-state index contributed by atoms with van der Waals surface area (Å²) in [5, 5.41) is 4.85. The normalized spacial score (nSPS) is 12.8. The van der Waals surface area contributed by atoms with Crippen LogP contribution >= 0.6 is 0 Å². The summed E-state index contributed by atoms with van der Waals surface area (Å²) in [7, 11) is 1.42. The number of amides is 2. The van der Waals surface area contributed by atoms with E-state index in [1.807, 2.05) is 13.8 Å². The van der Waals surface area contributed by atoms with E-state index in [1.54, 1.807) is 0 Å². The number of hydrogen-bond acceptors (Lipinski definition) is 3. The van der Waals surface area contributed by atoms with Gasteiger partial charge in [-0.15, -0.1) is 0 Å². The first kappa shape index (κ1) is 19.7. The Kier molecular flexibility index (Phi) is 6.56. The molecule has 1 atom stereocenters. The molecule has 0 aromatic carbocycles. The molecular weight excluding hydrogens is 327 g/mol. The number of likely N-dealkylation sites (N-methyl/N-ethyl adjacent to an activating group) is 1. The fraction of sp³-hybridized carbons (Fsp3) is 0.533. The van der Waals surface area contributed by atoms with Gasteiger partial charge < -0.3 is 15.2 Å². The number of nitrogens with one attached hydrogen (secondary N) is 2. The minimum absolute atomic E-state index is 0.115. The zero-order chi connectivity index (χ0) is 18.5. The second-order valence-electron chi connectivity index (χ2n) is 5.75. The number of rotatable bonds is 6. The highest BCUT2D eigenvalue weighted by Gasteiger charge is 2.31. The maximum absolute atomic E-state index is 12.7. The van der Waals surface area contributed by atoms with Gasteiger partial charge in [0.15, 0.2) is 0 Å². The lowest BCUT2D eigenvalue weighted by Crippen LogP contribution is -2.47. The molecule has 0 fully saturated rings. The van der Waals surface area contributed by atoms with Crippen molar-refractivity contribution in [3.8, 4) is 0 Å². The summed E-state index contributed by atoms with van der Waals surface area (Å²) >= 11 is 0. The van der Waals surface area contributed by atoms with Crippen molar-refractivity contribution in [2.24, 2.45) is 5.92 Å². The van der Waals surface area contributed by atoms with E-state index in [0.29, 0.717) is 23.3 Å². The number of hydrogen-bond donors (Lipinski definition) is 2. The molecule has 0 aliphatic rings. The summed E-state index contributed by atoms with van der Waals surface area (Å²) in [6, 6.07) is 0.590. The summed E-state index contributed by atoms with van der Waals surface area (Å²) in [5.74, 6) is -1.01. The first-order chi connectivity index (χ1) is 11.0. The quantitative estimate of drug-likeness (QED) is 0.810. The van der Waals surface area contributed by atoms with E-state index in [0.717, 1.165) is 6.07 Å². The monoisotopic (exact) mass is 347 g/mol. The zero-order valence-electron chi connectivity index (χ0n) is 13.6. The number of pyridine rings is 1. The highest BCUT2D eigenvalue weighted by Crippen LogP contribution is 2.27. The van der Waals surface area contributed by atoms with Crippen LogP contribution in [-0.4, -0.2) is 29.5 Å². The Hall–Kier alpha value is -2.32. The van der Waals surface area contributed by atoms with E-state index in [9.17, 15) is 27.6 Å². The molecule has 0 saturated heterocycles. The van der Waals surface area contributed by atoms with Crippen LogP contribution in [-0.2, 0) is 22.3 Å². The Labute approximate surface area is 137 Å². The Balaban J connectivity index is 2.90. The topological polar surface area (TPSA) is 80.2 Å². The smallest absolute Gasteiger partial charge is 0.357 e. The highest BCUT2D eigenvalue weighted by molar-refractivity contribution is 5.87. The van der Waals surface area contributed by atoms with Gasteiger partial charge in [-0.2, -0.15) is 13.2 Å². The van der Waals surface area contributed by atoms with Crippen molar-refractivity contribution in [2.75, 3.05) is 7.05 Å². The van der Waals surface area contributed by atoms with E-state index >= 15 is 0 Å². The van der Waals surface area contributed by atoms with E-state index < -0.39 is 41.7 Å². The summed E-state index contributed by atoms with van der Waals surface area (Å²) in [4.78, 5) is 35.4. The molecule has 0 saturated carbocycles. The van der Waals surface area contributed by atoms with Crippen LogP contribution in [0.15, 0.2) is 23.1 Å². The third-order valence-corrected chi connectivity index (χ3v) is 3.23. The molecular formula is C15H20F3N3O3. The van der Waals surface area contributed by atoms with Crippen molar-refractivity contribution in [1.82, 2.24) is 15.2 Å². The molecule has 2 amide bonds. The SMILES string of the molecule is CNC(=O)[C@H](CC(C)C)NC(=O)Cn1cc(C(F)(F)F)ccc1=O. The molecule has 24 heavy (non-hydrogen) atoms. The molecule has 0 unspecified atom stereocenters. The number of alkyl halides is 3. The molecule has 0 aliphatic heterocycles. The van der Waals surface area contributed by atoms with Crippen molar-refractivity contribution in [1.29, 1.82) is 0 Å². The van der Waals surface area contributed by atoms with Gasteiger partial charge in [0.1, 0.15) is 12.6 Å². The Morgan fingerprint density at radius 3 is 2.38 bits per heavy atom. The third kappa shape index (κ3) is 5.71. The van der Waals surface area contributed by atoms with Gasteiger partial charge in [-0.1, -0.05) is 13.8 Å². The van der Waals surface area contributed by atoms with Crippen LogP contribution in [0.1, 0.15) is 25.8 Å². The molecule has 0 radical (unpaired) electrons. The van der Waals surface area contributed by atoms with Crippen molar-refractivity contribution >= 4 is 11.8 Å². The molecule has 2 N–H and O–H groups in total. The van der Waals surface area contributed by atoms with Crippen LogP contribution in [0.2, 0.25) is 0 Å². The lowest BCUT2D eigenvalue weighted by atomic mass is 10.0. The summed E-state index contributed by atoms with van der Waals surface area (Å²) in [6.45, 7) is 3.12. The molecule has 6 nitrogen and oxygen atoms in total. The number of nitrogens with zero attached hydrogens (tertiary/aromatic N) is 1. The fourth-order valence-corrected chi connectivity index (χ4v) is 2.09. The molecule has 9 heteroatoms. The first-order valence-electron chi connectivity index (χ1n) is 7.33. The fourth-order valence-electron chi connectivity index (χ4n) is 2.09. The van der Waals surface area contributed by atoms with Crippen LogP contribution < -0.4 is 16.2 Å². The second kappa shape index (κ2) is 7.98. The van der Waals surface area contributed by atoms with Crippen LogP contribution in [0.5, 0.6) is 0 Å². The highest BCUT2D eigenvalue weighted by atomic mass is 19.4. The van der Waals surface area contributed by atoms with E-state index in [-0.39, 0.29) is 5.92 Å². The van der Waals surface area contributed by atoms with Gasteiger partial charge in [0, 0.05) is 19.3 Å². The van der Waals surface area contributed by atoms with E-state index in [4.69, 9.17) is 0 Å². The Bertz CT molecular complexity index is 653. The predicted octanol–water partition coefficient (Wildman–Crippen LogP) is 1.14. The maximum Gasteiger partial charge on any atom is 0.417 e. The average molecular weight is 347 g/mol. The van der Waals surface area contributed by atoms with Crippen molar-refractivity contribution in [3.05, 3.63) is 34.2 Å². The van der Waals surface area contributed by atoms with Gasteiger partial charge >= 0.3 is 6.18 Å². The molecule has 134 valence electrons. The lowest BCUT2D eigenvalue weighted by Gasteiger charge is -2.19. The van der Waals surface area contributed by atoms with Crippen LogP contribution in [0, 0.1) is 5.92 Å². The molecule has 1 heterocycles. The van der Waals surface area contributed by atoms with Gasteiger partial charge in [-0.3, -0.25) is 14.4 Å². The van der Waals surface area contributed by atoms with Crippen molar-refractivity contribution in [3.63, 3.8) is 0 Å². The van der Waals surface area contributed by atoms with Crippen molar-refractivity contribution in [2.45, 2.75) is 39.0 Å². The number of carbonyl (C=O) groups is 2. The first-order valence-corrected chi connectivity index (χ1v) is 7.33. The largest absolute Gasteiger partial charge is 0.417 e. The minimum Gasteiger partial charge on any atom is -0.357 e. The molecule has 0 spiro atoms. The van der Waals surface area contributed by atoms with Gasteiger partial charge in [0.05, 0.1) is 5.56 Å². The Morgan fingerprint density at radius 1 is 1.25 bits per heavy atom. The summed E-state index contributed by atoms with van der Waals surface area (Å²) in [5.41, 5.74) is -1.77. The van der Waals surface area contributed by atoms with Gasteiger partial charge in [-0.25, -0.2) is 0 Å². The maximum atomic E-state index is 12.7. The number of carbonyl (C=O) groups excluding carboxylic acids is 2. The standard InChI is InChI=1S/C15H20F3N3O3/c1-9(2)6-11(14(24)19-3)20-12(22)8-21-7-10(15(16,17)18)4-5-13(21)23/h4-5,7,9,11H,6,8H2,1-3H3,(H,19,24)(H,20,22)/t11-/m0/s1. The van der Waals surface area contributed by atoms with Gasteiger partial charge in [0.2, 0.25) is 11.8 Å². The molecule has 1 aromatic rings. The molecule has 1 aromatic heterocycles. The van der Waals surface area contributed by atoms with E-state index in [2.05, 4.69) is 10.6 Å². The lowest BCUT2D eigenvalue weighted by molar-refractivity contribution is -0.138. The van der Waals surface area contributed by atoms with Crippen LogP contribution in [0.3, 0.4) is 0 Å². The molecule has 0 bridgehead atoms. The number of halogens is 3. The average Bonchev–Trinajstić information content (AvgIpc) is 2.46. The zero-order valence-corrected chi connectivity index (χ0v) is 13.6. The number of aromatic nitrogens is 1. The predicted molar refractivity (Wildman–Crippen MR) is 81.2 cm³/mol. The van der Waals surface area contributed by atoms with Crippen molar-refractivity contribution < 1.29 is 22.8 Å². The Morgan fingerprint density at radius 2 is 1.88 bits per heavy atom. The molecule has 1 rings (SSSR count). The second-order valence-corrected chi connectivity index (χ2v) is 5.75. The third-order valence-electron chi connectivity index (χ3n) is 3.23. The van der Waals surface area contributed by atoms with E-state index in [1.165, 1.54) is 7.05 Å². The minimum atomic E-state index is -4.62. The van der Waals surface area contributed by atoms with Gasteiger partial charge in [-0.05, 0) is 18.4 Å². The van der Waals surface area contributed by atoms with Crippen LogP contribution in [0.4, 0.5) is 13.2 Å². The summed E-state index contributed by atoms with van der Waals surface area (Å²) in [6.07, 6.45) is -3.67. The summed E-state index contributed by atoms with van der Waals surface area (Å²) < 4.78 is 38.7. The van der Waals surface area contributed by atoms with Crippen LogP contribution in [0.25, 0.3) is 0 Å². The molecule has 0 aliphatic carbocycles. The van der Waals surface area contributed by atoms with Gasteiger partial charge in [0.25, 0.3) is 5.56 Å².